The molecule has 102 valence electrons. The van der Waals surface area contributed by atoms with Crippen molar-refractivity contribution in [1.82, 2.24) is 0 Å². The summed E-state index contributed by atoms with van der Waals surface area (Å²) in [5.41, 5.74) is 5.27. The van der Waals surface area contributed by atoms with Gasteiger partial charge in [-0.2, -0.15) is 0 Å². The second kappa shape index (κ2) is 4.72. The summed E-state index contributed by atoms with van der Waals surface area (Å²) in [6.07, 6.45) is 2.65. The molecule has 0 bridgehead atoms. The van der Waals surface area contributed by atoms with E-state index in [0.29, 0.717) is 0 Å². The zero-order chi connectivity index (χ0) is 13.4. The Labute approximate surface area is 119 Å². The fourth-order valence-electron chi connectivity index (χ4n) is 3.34. The van der Waals surface area contributed by atoms with E-state index in [1.165, 1.54) is 22.3 Å². The minimum absolute atomic E-state index is 0.471. The monoisotopic (exact) mass is 266 g/mol. The van der Waals surface area contributed by atoms with Crippen LogP contribution in [-0.4, -0.2) is 19.0 Å². The number of benzene rings is 2. The van der Waals surface area contributed by atoms with Gasteiger partial charge < -0.3 is 9.47 Å². The quantitative estimate of drug-likeness (QED) is 0.725. The zero-order valence-electron chi connectivity index (χ0n) is 11.5. The molecule has 0 N–H and O–H groups in total. The summed E-state index contributed by atoms with van der Waals surface area (Å²) in [6, 6.07) is 17.2. The Morgan fingerprint density at radius 2 is 1.20 bits per heavy atom. The standard InChI is InChI=1S/C18H18O2/c1-3-8-16-14(6-1)12-18(19-10-5-11-20-18)13-15-7-2-4-9-17(15)16/h1-4,6-9H,5,10-13H2. The van der Waals surface area contributed by atoms with E-state index in [2.05, 4.69) is 48.5 Å². The zero-order valence-corrected chi connectivity index (χ0v) is 11.5. The first kappa shape index (κ1) is 12.1. The SMILES string of the molecule is c1ccc2c(c1)CC1(Cc3ccccc3-2)OCCCO1. The molecule has 0 radical (unpaired) electrons. The maximum Gasteiger partial charge on any atom is 0.176 e. The van der Waals surface area contributed by atoms with E-state index >= 15 is 0 Å². The third-order valence-corrected chi connectivity index (χ3v) is 4.26. The van der Waals surface area contributed by atoms with E-state index < -0.39 is 5.79 Å². The van der Waals surface area contributed by atoms with Crippen molar-refractivity contribution in [2.24, 2.45) is 0 Å². The number of hydrogen-bond acceptors (Lipinski definition) is 2. The molecular weight excluding hydrogens is 248 g/mol. The lowest BCUT2D eigenvalue weighted by molar-refractivity contribution is -0.264. The number of fused-ring (bicyclic) bond motifs is 3. The summed E-state index contributed by atoms with van der Waals surface area (Å²) in [5.74, 6) is -0.471. The highest BCUT2D eigenvalue weighted by atomic mass is 16.7. The Balaban J connectivity index is 1.89. The van der Waals surface area contributed by atoms with Crippen LogP contribution in [0.5, 0.6) is 0 Å². The summed E-state index contributed by atoms with van der Waals surface area (Å²) < 4.78 is 12.2. The molecule has 1 fully saturated rings. The lowest BCUT2D eigenvalue weighted by Crippen LogP contribution is -2.44. The summed E-state index contributed by atoms with van der Waals surface area (Å²) in [7, 11) is 0. The van der Waals surface area contributed by atoms with Crippen molar-refractivity contribution in [2.75, 3.05) is 13.2 Å². The molecule has 0 amide bonds. The van der Waals surface area contributed by atoms with Crippen LogP contribution < -0.4 is 0 Å². The molecule has 0 aromatic heterocycles. The highest BCUT2D eigenvalue weighted by Crippen LogP contribution is 2.38. The highest BCUT2D eigenvalue weighted by Gasteiger charge is 2.38. The van der Waals surface area contributed by atoms with Crippen LogP contribution in [0, 0.1) is 0 Å². The maximum absolute atomic E-state index is 6.08. The average molecular weight is 266 g/mol. The fraction of sp³-hybridized carbons (Fsp3) is 0.333. The Hall–Kier alpha value is -1.64. The maximum atomic E-state index is 6.08. The molecular formula is C18H18O2. The number of hydrogen-bond donors (Lipinski definition) is 0. The van der Waals surface area contributed by atoms with Crippen molar-refractivity contribution >= 4 is 0 Å². The van der Waals surface area contributed by atoms with Gasteiger partial charge in [0, 0.05) is 12.8 Å². The van der Waals surface area contributed by atoms with Crippen LogP contribution in [0.4, 0.5) is 0 Å². The van der Waals surface area contributed by atoms with Crippen molar-refractivity contribution in [3.63, 3.8) is 0 Å². The molecule has 1 aliphatic heterocycles. The summed E-state index contributed by atoms with van der Waals surface area (Å²) in [5, 5.41) is 0. The Bertz CT molecular complexity index is 577. The van der Waals surface area contributed by atoms with Crippen LogP contribution >= 0.6 is 0 Å². The molecule has 20 heavy (non-hydrogen) atoms. The van der Waals surface area contributed by atoms with Gasteiger partial charge in [0.2, 0.25) is 0 Å². The van der Waals surface area contributed by atoms with Crippen molar-refractivity contribution in [1.29, 1.82) is 0 Å². The Morgan fingerprint density at radius 1 is 0.700 bits per heavy atom. The van der Waals surface area contributed by atoms with Gasteiger partial charge in [-0.3, -0.25) is 0 Å². The lowest BCUT2D eigenvalue weighted by atomic mass is 9.97. The summed E-state index contributed by atoms with van der Waals surface area (Å²) >= 11 is 0. The predicted molar refractivity (Wildman–Crippen MR) is 78.5 cm³/mol. The highest BCUT2D eigenvalue weighted by molar-refractivity contribution is 5.72. The van der Waals surface area contributed by atoms with Gasteiger partial charge in [0.05, 0.1) is 13.2 Å². The van der Waals surface area contributed by atoms with Gasteiger partial charge in [-0.05, 0) is 28.7 Å². The van der Waals surface area contributed by atoms with Crippen LogP contribution in [0.25, 0.3) is 11.1 Å². The van der Waals surface area contributed by atoms with Gasteiger partial charge in [-0.1, -0.05) is 48.5 Å². The van der Waals surface area contributed by atoms with E-state index in [-0.39, 0.29) is 0 Å². The van der Waals surface area contributed by atoms with E-state index in [4.69, 9.17) is 9.47 Å². The van der Waals surface area contributed by atoms with Crippen LogP contribution in [0.1, 0.15) is 17.5 Å². The predicted octanol–water partition coefficient (Wildman–Crippen LogP) is 3.59. The van der Waals surface area contributed by atoms with Crippen LogP contribution in [0.3, 0.4) is 0 Å². The molecule has 2 aromatic rings. The Morgan fingerprint density at radius 3 is 1.75 bits per heavy atom. The second-order valence-corrected chi connectivity index (χ2v) is 5.63. The van der Waals surface area contributed by atoms with Gasteiger partial charge in [-0.25, -0.2) is 0 Å². The molecule has 4 rings (SSSR count). The second-order valence-electron chi connectivity index (χ2n) is 5.63. The molecule has 0 saturated carbocycles. The number of rotatable bonds is 0. The van der Waals surface area contributed by atoms with Crippen molar-refractivity contribution in [3.8, 4) is 11.1 Å². The third-order valence-electron chi connectivity index (χ3n) is 4.26. The smallest absolute Gasteiger partial charge is 0.176 e. The number of ether oxygens (including phenoxy) is 2. The molecule has 1 saturated heterocycles. The van der Waals surface area contributed by atoms with E-state index in [1.807, 2.05) is 0 Å². The molecule has 2 aromatic carbocycles. The van der Waals surface area contributed by atoms with Crippen molar-refractivity contribution in [2.45, 2.75) is 25.0 Å². The fourth-order valence-corrected chi connectivity index (χ4v) is 3.34. The first-order valence-corrected chi connectivity index (χ1v) is 7.30. The van der Waals surface area contributed by atoms with E-state index in [1.54, 1.807) is 0 Å². The van der Waals surface area contributed by atoms with E-state index in [9.17, 15) is 0 Å². The minimum Gasteiger partial charge on any atom is -0.349 e. The van der Waals surface area contributed by atoms with Gasteiger partial charge >= 0.3 is 0 Å². The molecule has 0 atom stereocenters. The molecule has 2 nitrogen and oxygen atoms in total. The van der Waals surface area contributed by atoms with Gasteiger partial charge in [-0.15, -0.1) is 0 Å². The lowest BCUT2D eigenvalue weighted by Gasteiger charge is -2.37. The summed E-state index contributed by atoms with van der Waals surface area (Å²) in [6.45, 7) is 1.59. The molecule has 2 aliphatic rings. The van der Waals surface area contributed by atoms with Gasteiger partial charge in [0.25, 0.3) is 0 Å². The minimum atomic E-state index is -0.471. The Kier molecular flexibility index (Phi) is 2.86. The normalized spacial score (nSPS) is 20.0. The summed E-state index contributed by atoms with van der Waals surface area (Å²) in [4.78, 5) is 0. The van der Waals surface area contributed by atoms with Crippen LogP contribution in [0.15, 0.2) is 48.5 Å². The van der Waals surface area contributed by atoms with E-state index in [0.717, 1.165) is 32.5 Å². The molecule has 2 heteroatoms. The van der Waals surface area contributed by atoms with Crippen LogP contribution in [-0.2, 0) is 22.3 Å². The largest absolute Gasteiger partial charge is 0.349 e. The van der Waals surface area contributed by atoms with Crippen molar-refractivity contribution in [3.05, 3.63) is 59.7 Å². The average Bonchev–Trinajstić information content (AvgIpc) is 2.62. The molecule has 0 unspecified atom stereocenters. The molecule has 1 spiro atoms. The molecule has 1 aliphatic carbocycles. The molecule has 1 heterocycles. The first-order chi connectivity index (χ1) is 9.86. The van der Waals surface area contributed by atoms with Gasteiger partial charge in [0.15, 0.2) is 5.79 Å². The topological polar surface area (TPSA) is 18.5 Å². The third kappa shape index (κ3) is 1.96. The first-order valence-electron chi connectivity index (χ1n) is 7.30. The van der Waals surface area contributed by atoms with Crippen LogP contribution in [0.2, 0.25) is 0 Å². The van der Waals surface area contributed by atoms with Crippen molar-refractivity contribution < 1.29 is 9.47 Å². The van der Waals surface area contributed by atoms with Gasteiger partial charge in [0.1, 0.15) is 0 Å².